The average Bonchev–Trinajstić information content (AvgIpc) is 2.95. The van der Waals surface area contributed by atoms with E-state index < -0.39 is 0 Å². The van der Waals surface area contributed by atoms with Crippen LogP contribution in [-0.2, 0) is 11.3 Å². The lowest BCUT2D eigenvalue weighted by Gasteiger charge is -2.14. The van der Waals surface area contributed by atoms with Crippen molar-refractivity contribution in [3.63, 3.8) is 0 Å². The van der Waals surface area contributed by atoms with E-state index in [0.29, 0.717) is 23.0 Å². The zero-order valence-electron chi connectivity index (χ0n) is 13.5. The van der Waals surface area contributed by atoms with Crippen LogP contribution in [0.15, 0.2) is 52.9 Å². The van der Waals surface area contributed by atoms with Gasteiger partial charge in [0.05, 0.1) is 12.6 Å². The normalized spacial score (nSPS) is 12.3. The summed E-state index contributed by atoms with van der Waals surface area (Å²) < 4.78 is 11.0. The number of para-hydroxylation sites is 1. The molecule has 1 amide bonds. The first-order valence-corrected chi connectivity index (χ1v) is 8.03. The summed E-state index contributed by atoms with van der Waals surface area (Å²) in [5, 5.41) is 4.52. The zero-order valence-corrected chi connectivity index (χ0v) is 14.3. The number of rotatable bonds is 5. The first-order valence-electron chi connectivity index (χ1n) is 7.66. The van der Waals surface area contributed by atoms with Crippen LogP contribution in [0.25, 0.3) is 11.0 Å². The van der Waals surface area contributed by atoms with Gasteiger partial charge in [-0.1, -0.05) is 41.9 Å². The van der Waals surface area contributed by atoms with Crippen molar-refractivity contribution in [2.75, 3.05) is 7.11 Å². The Morgan fingerprint density at radius 1 is 1.21 bits per heavy atom. The Labute approximate surface area is 145 Å². The Hall–Kier alpha value is -2.30. The van der Waals surface area contributed by atoms with E-state index >= 15 is 0 Å². The van der Waals surface area contributed by atoms with Crippen LogP contribution < -0.4 is 5.32 Å². The molecule has 1 aromatic heterocycles. The Bertz CT molecular complexity index is 855. The molecular formula is C19H18ClNO3. The number of benzene rings is 2. The van der Waals surface area contributed by atoms with Gasteiger partial charge in [-0.15, -0.1) is 0 Å². The molecule has 1 heterocycles. The monoisotopic (exact) mass is 343 g/mol. The van der Waals surface area contributed by atoms with Gasteiger partial charge in [0.1, 0.15) is 5.58 Å². The molecule has 124 valence electrons. The van der Waals surface area contributed by atoms with E-state index in [4.69, 9.17) is 20.8 Å². The molecule has 3 aromatic rings. The van der Waals surface area contributed by atoms with E-state index in [9.17, 15) is 4.79 Å². The van der Waals surface area contributed by atoms with Gasteiger partial charge in [-0.3, -0.25) is 4.79 Å². The van der Waals surface area contributed by atoms with Gasteiger partial charge in [0.15, 0.2) is 5.76 Å². The molecule has 0 saturated carbocycles. The average molecular weight is 344 g/mol. The highest BCUT2D eigenvalue weighted by molar-refractivity contribution is 6.30. The largest absolute Gasteiger partial charge is 0.451 e. The van der Waals surface area contributed by atoms with Crippen molar-refractivity contribution in [2.24, 2.45) is 0 Å². The fourth-order valence-electron chi connectivity index (χ4n) is 2.67. The molecule has 2 aromatic carbocycles. The van der Waals surface area contributed by atoms with Gasteiger partial charge in [0.25, 0.3) is 5.91 Å². The number of hydrogen-bond acceptors (Lipinski definition) is 3. The summed E-state index contributed by atoms with van der Waals surface area (Å²) in [7, 11) is 1.60. The minimum atomic E-state index is -0.263. The summed E-state index contributed by atoms with van der Waals surface area (Å²) >= 11 is 5.90. The van der Waals surface area contributed by atoms with Crippen molar-refractivity contribution in [1.29, 1.82) is 0 Å². The highest BCUT2D eigenvalue weighted by Gasteiger charge is 2.21. The molecular weight excluding hydrogens is 326 g/mol. The Balaban J connectivity index is 1.88. The Kier molecular flexibility index (Phi) is 4.88. The number of fused-ring (bicyclic) bond motifs is 1. The fraction of sp³-hybridized carbons (Fsp3) is 0.211. The molecule has 0 aliphatic rings. The molecule has 0 spiro atoms. The number of halogens is 1. The highest BCUT2D eigenvalue weighted by atomic mass is 35.5. The number of nitrogens with one attached hydrogen (secondary N) is 1. The van der Waals surface area contributed by atoms with Crippen molar-refractivity contribution in [2.45, 2.75) is 19.6 Å². The summed E-state index contributed by atoms with van der Waals surface area (Å²) in [6.45, 7) is 2.23. The SMILES string of the molecule is COCc1c(C(=O)NC(C)c2ccc(Cl)cc2)oc2ccccc12. The van der Waals surface area contributed by atoms with Crippen LogP contribution >= 0.6 is 11.6 Å². The second-order valence-electron chi connectivity index (χ2n) is 5.59. The summed E-state index contributed by atoms with van der Waals surface area (Å²) in [6, 6.07) is 14.8. The molecule has 0 saturated heterocycles. The molecule has 3 rings (SSSR count). The summed E-state index contributed by atoms with van der Waals surface area (Å²) in [5.41, 5.74) is 2.40. The van der Waals surface area contributed by atoms with Gasteiger partial charge in [-0.25, -0.2) is 0 Å². The maximum atomic E-state index is 12.7. The number of hydrogen-bond donors (Lipinski definition) is 1. The lowest BCUT2D eigenvalue weighted by molar-refractivity contribution is 0.0907. The van der Waals surface area contributed by atoms with Crippen molar-refractivity contribution < 1.29 is 13.9 Å². The third kappa shape index (κ3) is 3.30. The van der Waals surface area contributed by atoms with Crippen molar-refractivity contribution >= 4 is 28.5 Å². The van der Waals surface area contributed by atoms with E-state index in [1.807, 2.05) is 43.3 Å². The molecule has 1 atom stereocenters. The van der Waals surface area contributed by atoms with E-state index in [0.717, 1.165) is 16.5 Å². The molecule has 0 bridgehead atoms. The van der Waals surface area contributed by atoms with Gasteiger partial charge >= 0.3 is 0 Å². The van der Waals surface area contributed by atoms with Crippen molar-refractivity contribution in [3.8, 4) is 0 Å². The topological polar surface area (TPSA) is 51.5 Å². The van der Waals surface area contributed by atoms with E-state index in [1.54, 1.807) is 19.2 Å². The van der Waals surface area contributed by atoms with Gasteiger partial charge in [0.2, 0.25) is 0 Å². The molecule has 5 heteroatoms. The lowest BCUT2D eigenvalue weighted by atomic mass is 10.1. The smallest absolute Gasteiger partial charge is 0.287 e. The number of furan rings is 1. The van der Waals surface area contributed by atoms with Crippen LogP contribution in [0.4, 0.5) is 0 Å². The molecule has 0 fully saturated rings. The summed E-state index contributed by atoms with van der Waals surface area (Å²) in [5.74, 6) is 0.0274. The first-order chi connectivity index (χ1) is 11.6. The third-order valence-electron chi connectivity index (χ3n) is 3.91. The predicted molar refractivity (Wildman–Crippen MR) is 94.3 cm³/mol. The quantitative estimate of drug-likeness (QED) is 0.729. The molecule has 1 unspecified atom stereocenters. The fourth-order valence-corrected chi connectivity index (χ4v) is 2.79. The second kappa shape index (κ2) is 7.07. The molecule has 1 N–H and O–H groups in total. The molecule has 4 nitrogen and oxygen atoms in total. The maximum absolute atomic E-state index is 12.7. The van der Waals surface area contributed by atoms with Crippen LogP contribution in [0.2, 0.25) is 5.02 Å². The van der Waals surface area contributed by atoms with E-state index in [2.05, 4.69) is 5.32 Å². The number of carbonyl (C=O) groups excluding carboxylic acids is 1. The van der Waals surface area contributed by atoms with Gasteiger partial charge in [0, 0.05) is 23.1 Å². The Morgan fingerprint density at radius 2 is 1.92 bits per heavy atom. The first kappa shape index (κ1) is 16.6. The molecule has 0 aliphatic heterocycles. The van der Waals surface area contributed by atoms with Crippen LogP contribution in [-0.4, -0.2) is 13.0 Å². The molecule has 0 aliphatic carbocycles. The van der Waals surface area contributed by atoms with Crippen LogP contribution in [0.1, 0.15) is 34.6 Å². The zero-order chi connectivity index (χ0) is 17.1. The summed E-state index contributed by atoms with van der Waals surface area (Å²) in [6.07, 6.45) is 0. The standard InChI is InChI=1S/C19H18ClNO3/c1-12(13-7-9-14(20)10-8-13)21-19(22)18-16(11-23-2)15-5-3-4-6-17(15)24-18/h3-10,12H,11H2,1-2H3,(H,21,22). The van der Waals surface area contributed by atoms with Crippen molar-refractivity contribution in [1.82, 2.24) is 5.32 Å². The number of carbonyl (C=O) groups is 1. The maximum Gasteiger partial charge on any atom is 0.287 e. The summed E-state index contributed by atoms with van der Waals surface area (Å²) in [4.78, 5) is 12.7. The third-order valence-corrected chi connectivity index (χ3v) is 4.16. The number of ether oxygens (including phenoxy) is 1. The predicted octanol–water partition coefficient (Wildman–Crippen LogP) is 4.72. The van der Waals surface area contributed by atoms with Crippen LogP contribution in [0, 0.1) is 0 Å². The van der Waals surface area contributed by atoms with E-state index in [1.165, 1.54) is 0 Å². The molecule has 0 radical (unpaired) electrons. The van der Waals surface area contributed by atoms with Crippen LogP contribution in [0.3, 0.4) is 0 Å². The number of amides is 1. The minimum absolute atomic E-state index is 0.168. The van der Waals surface area contributed by atoms with Crippen molar-refractivity contribution in [3.05, 3.63) is 70.4 Å². The van der Waals surface area contributed by atoms with Crippen LogP contribution in [0.5, 0.6) is 0 Å². The number of methoxy groups -OCH3 is 1. The molecule has 24 heavy (non-hydrogen) atoms. The van der Waals surface area contributed by atoms with E-state index in [-0.39, 0.29) is 11.9 Å². The second-order valence-corrected chi connectivity index (χ2v) is 6.02. The Morgan fingerprint density at radius 3 is 2.62 bits per heavy atom. The lowest BCUT2D eigenvalue weighted by Crippen LogP contribution is -2.27. The minimum Gasteiger partial charge on any atom is -0.451 e. The van der Waals surface area contributed by atoms with Gasteiger partial charge in [-0.2, -0.15) is 0 Å². The van der Waals surface area contributed by atoms with Gasteiger partial charge in [-0.05, 0) is 30.7 Å². The highest BCUT2D eigenvalue weighted by Crippen LogP contribution is 2.27. The van der Waals surface area contributed by atoms with Gasteiger partial charge < -0.3 is 14.5 Å².